The first kappa shape index (κ1) is 12.5. The van der Waals surface area contributed by atoms with Crippen LogP contribution in [0.4, 0.5) is 13.2 Å². The highest BCUT2D eigenvalue weighted by atomic mass is 19.4. The summed E-state index contributed by atoms with van der Waals surface area (Å²) in [6.45, 7) is 0.175. The van der Waals surface area contributed by atoms with Crippen LogP contribution in [0.2, 0.25) is 0 Å². The molecule has 5 nitrogen and oxygen atoms in total. The van der Waals surface area contributed by atoms with Gasteiger partial charge in [0.1, 0.15) is 5.76 Å². The van der Waals surface area contributed by atoms with Gasteiger partial charge in [-0.3, -0.25) is 5.32 Å². The molecule has 1 aromatic rings. The summed E-state index contributed by atoms with van der Waals surface area (Å²) in [5.41, 5.74) is -3.01. The maximum Gasteiger partial charge on any atom is 0.417 e. The molecule has 1 heterocycles. The second-order valence-electron chi connectivity index (χ2n) is 3.26. The number of carboxylic acids is 1. The number of halogens is 3. The highest BCUT2D eigenvalue weighted by molar-refractivity contribution is 5.79. The lowest BCUT2D eigenvalue weighted by Gasteiger charge is -2.28. The van der Waals surface area contributed by atoms with E-state index < -0.39 is 17.7 Å². The average Bonchev–Trinajstić information content (AvgIpc) is 2.64. The van der Waals surface area contributed by atoms with Crippen LogP contribution in [0.3, 0.4) is 0 Å². The van der Waals surface area contributed by atoms with E-state index in [1.165, 1.54) is 12.3 Å². The molecule has 16 heavy (non-hydrogen) atoms. The molecule has 0 amide bonds. The fraction of sp³-hybridized carbons (Fsp3) is 0.500. The van der Waals surface area contributed by atoms with Crippen molar-refractivity contribution in [3.05, 3.63) is 18.0 Å². The predicted octanol–water partition coefficient (Wildman–Crippen LogP) is 1.17. The summed E-state index contributed by atoms with van der Waals surface area (Å²) in [7, 11) is 0. The van der Waals surface area contributed by atoms with Gasteiger partial charge in [0.15, 0.2) is 0 Å². The number of alkyl halides is 3. The quantitative estimate of drug-likeness (QED) is 0.823. The van der Waals surface area contributed by atoms with E-state index in [1.807, 2.05) is 5.32 Å². The molecule has 0 aliphatic heterocycles. The molecule has 8 heteroatoms. The molecule has 0 fully saturated rings. The van der Waals surface area contributed by atoms with Gasteiger partial charge >= 0.3 is 12.1 Å². The van der Waals surface area contributed by atoms with Gasteiger partial charge in [0.05, 0.1) is 12.7 Å². The Labute approximate surface area is 88.2 Å². The van der Waals surface area contributed by atoms with Gasteiger partial charge in [0.2, 0.25) is 5.54 Å². The van der Waals surface area contributed by atoms with E-state index in [9.17, 15) is 18.0 Å². The van der Waals surface area contributed by atoms with Crippen molar-refractivity contribution in [2.24, 2.45) is 0 Å². The normalized spacial score (nSPS) is 15.8. The molecule has 0 saturated carbocycles. The Hall–Kier alpha value is -1.57. The van der Waals surface area contributed by atoms with Crippen molar-refractivity contribution in [1.82, 2.24) is 10.5 Å². The Bertz CT molecular complexity index is 363. The van der Waals surface area contributed by atoms with E-state index in [2.05, 4.69) is 9.68 Å². The van der Waals surface area contributed by atoms with Crippen LogP contribution in [0.15, 0.2) is 16.8 Å². The molecule has 0 aliphatic rings. The molecule has 90 valence electrons. The van der Waals surface area contributed by atoms with Crippen LogP contribution in [-0.4, -0.2) is 27.9 Å². The Kier molecular flexibility index (Phi) is 3.22. The van der Waals surface area contributed by atoms with Crippen molar-refractivity contribution in [1.29, 1.82) is 0 Å². The van der Waals surface area contributed by atoms with Crippen LogP contribution in [0, 0.1) is 0 Å². The summed E-state index contributed by atoms with van der Waals surface area (Å²) >= 11 is 0. The van der Waals surface area contributed by atoms with Gasteiger partial charge in [0.25, 0.3) is 0 Å². The standard InChI is InChI=1S/C8H9F3N2O3/c1-7(6(14)15,8(9,10)11)12-4-5-2-3-13-16-5/h2-3,12H,4H2,1H3,(H,14,15). The Morgan fingerprint density at radius 2 is 2.25 bits per heavy atom. The third-order valence-corrected chi connectivity index (χ3v) is 2.10. The fourth-order valence-electron chi connectivity index (χ4n) is 0.894. The molecule has 1 rings (SSSR count). The Morgan fingerprint density at radius 3 is 2.62 bits per heavy atom. The largest absolute Gasteiger partial charge is 0.480 e. The molecule has 0 bridgehead atoms. The van der Waals surface area contributed by atoms with Crippen molar-refractivity contribution in [2.75, 3.05) is 0 Å². The van der Waals surface area contributed by atoms with Crippen LogP contribution >= 0.6 is 0 Å². The zero-order valence-corrected chi connectivity index (χ0v) is 8.21. The minimum Gasteiger partial charge on any atom is -0.480 e. The smallest absolute Gasteiger partial charge is 0.417 e. The third kappa shape index (κ3) is 2.32. The molecule has 1 aromatic heterocycles. The predicted molar refractivity (Wildman–Crippen MR) is 45.4 cm³/mol. The van der Waals surface area contributed by atoms with Crippen LogP contribution < -0.4 is 5.32 Å². The third-order valence-electron chi connectivity index (χ3n) is 2.10. The Morgan fingerprint density at radius 1 is 1.62 bits per heavy atom. The maximum atomic E-state index is 12.5. The molecular formula is C8H9F3N2O3. The summed E-state index contributed by atoms with van der Waals surface area (Å²) in [6, 6.07) is 1.34. The molecule has 0 radical (unpaired) electrons. The monoisotopic (exact) mass is 238 g/mol. The SMILES string of the molecule is CC(NCc1ccno1)(C(=O)O)C(F)(F)F. The number of rotatable bonds is 4. The average molecular weight is 238 g/mol. The lowest BCUT2D eigenvalue weighted by Crippen LogP contribution is -2.59. The number of nitrogens with one attached hydrogen (secondary N) is 1. The lowest BCUT2D eigenvalue weighted by atomic mass is 10.0. The summed E-state index contributed by atoms with van der Waals surface area (Å²) in [4.78, 5) is 10.6. The van der Waals surface area contributed by atoms with E-state index in [1.54, 1.807) is 0 Å². The van der Waals surface area contributed by atoms with Gasteiger partial charge in [-0.25, -0.2) is 4.79 Å². The number of hydrogen-bond acceptors (Lipinski definition) is 4. The first-order chi connectivity index (χ1) is 7.27. The number of carbonyl (C=O) groups is 1. The van der Waals surface area contributed by atoms with Gasteiger partial charge in [-0.2, -0.15) is 13.2 Å². The summed E-state index contributed by atoms with van der Waals surface area (Å²) in [5, 5.41) is 13.7. The molecule has 1 unspecified atom stereocenters. The molecule has 0 saturated heterocycles. The van der Waals surface area contributed by atoms with Crippen molar-refractivity contribution in [3.8, 4) is 0 Å². The second kappa shape index (κ2) is 4.12. The summed E-state index contributed by atoms with van der Waals surface area (Å²) in [5.74, 6) is -1.88. The number of aromatic nitrogens is 1. The maximum absolute atomic E-state index is 12.5. The van der Waals surface area contributed by atoms with Gasteiger partial charge in [-0.15, -0.1) is 0 Å². The van der Waals surface area contributed by atoms with Crippen LogP contribution in [0.5, 0.6) is 0 Å². The van der Waals surface area contributed by atoms with Crippen molar-refractivity contribution in [3.63, 3.8) is 0 Å². The number of hydrogen-bond donors (Lipinski definition) is 2. The second-order valence-corrected chi connectivity index (χ2v) is 3.26. The summed E-state index contributed by atoms with van der Waals surface area (Å²) in [6.07, 6.45) is -3.65. The first-order valence-corrected chi connectivity index (χ1v) is 4.22. The topological polar surface area (TPSA) is 75.4 Å². The van der Waals surface area contributed by atoms with Crippen LogP contribution in [0.25, 0.3) is 0 Å². The number of carboxylic acid groups (broad SMARTS) is 1. The molecule has 1 atom stereocenters. The van der Waals surface area contributed by atoms with E-state index in [0.29, 0.717) is 6.92 Å². The van der Waals surface area contributed by atoms with Crippen molar-refractivity contribution in [2.45, 2.75) is 25.2 Å². The zero-order chi connectivity index (χ0) is 12.4. The van der Waals surface area contributed by atoms with E-state index >= 15 is 0 Å². The summed E-state index contributed by atoms with van der Waals surface area (Å²) < 4.78 is 42.0. The van der Waals surface area contributed by atoms with Gasteiger partial charge in [-0.1, -0.05) is 5.16 Å². The zero-order valence-electron chi connectivity index (χ0n) is 8.21. The number of aliphatic carboxylic acids is 1. The van der Waals surface area contributed by atoms with Crippen LogP contribution in [0.1, 0.15) is 12.7 Å². The van der Waals surface area contributed by atoms with Crippen molar-refractivity contribution < 1.29 is 27.6 Å². The highest BCUT2D eigenvalue weighted by Crippen LogP contribution is 2.30. The molecular weight excluding hydrogens is 229 g/mol. The lowest BCUT2D eigenvalue weighted by molar-refractivity contribution is -0.206. The minimum atomic E-state index is -4.90. The van der Waals surface area contributed by atoms with Gasteiger partial charge < -0.3 is 9.63 Å². The van der Waals surface area contributed by atoms with Gasteiger partial charge in [-0.05, 0) is 6.92 Å². The van der Waals surface area contributed by atoms with E-state index in [4.69, 9.17) is 5.11 Å². The minimum absolute atomic E-state index is 0.122. The molecule has 2 N–H and O–H groups in total. The Balaban J connectivity index is 2.77. The van der Waals surface area contributed by atoms with E-state index in [-0.39, 0.29) is 12.3 Å². The van der Waals surface area contributed by atoms with Gasteiger partial charge in [0, 0.05) is 6.07 Å². The molecule has 0 spiro atoms. The van der Waals surface area contributed by atoms with Crippen molar-refractivity contribution >= 4 is 5.97 Å². The molecule has 0 aromatic carbocycles. The van der Waals surface area contributed by atoms with Crippen LogP contribution in [-0.2, 0) is 11.3 Å². The first-order valence-electron chi connectivity index (χ1n) is 4.22. The fourth-order valence-corrected chi connectivity index (χ4v) is 0.894. The van der Waals surface area contributed by atoms with E-state index in [0.717, 1.165) is 0 Å². The highest BCUT2D eigenvalue weighted by Gasteiger charge is 2.57. The number of nitrogens with zero attached hydrogens (tertiary/aromatic N) is 1. The molecule has 0 aliphatic carbocycles.